The van der Waals surface area contributed by atoms with Gasteiger partial charge in [0.05, 0.1) is 13.4 Å². The van der Waals surface area contributed by atoms with E-state index in [9.17, 15) is 0 Å². The summed E-state index contributed by atoms with van der Waals surface area (Å²) in [5, 5.41) is 8.25. The fourth-order valence-electron chi connectivity index (χ4n) is 0.240. The molecule has 0 bridgehead atoms. The number of nitrogens with zero attached hydrogens (tertiary/aromatic N) is 1. The molecule has 0 rings (SSSR count). The van der Waals surface area contributed by atoms with E-state index in [-0.39, 0.29) is 5.03 Å². The highest BCUT2D eigenvalue weighted by atomic mass is 35.5. The van der Waals surface area contributed by atoms with Crippen LogP contribution in [0.3, 0.4) is 0 Å². The summed E-state index contributed by atoms with van der Waals surface area (Å²) in [6, 6.07) is 1.74. The van der Waals surface area contributed by atoms with E-state index in [2.05, 4.69) is 4.74 Å². The van der Waals surface area contributed by atoms with Gasteiger partial charge in [-0.05, 0) is 12.2 Å². The maximum atomic E-state index is 8.11. The summed E-state index contributed by atoms with van der Waals surface area (Å²) in [5.41, 5.74) is 0. The van der Waals surface area contributed by atoms with Crippen molar-refractivity contribution in [2.75, 3.05) is 7.11 Å². The third-order valence-electron chi connectivity index (χ3n) is 0.564. The second-order valence-corrected chi connectivity index (χ2v) is 1.60. The van der Waals surface area contributed by atoms with Crippen LogP contribution in [-0.2, 0) is 4.74 Å². The molecule has 9 heavy (non-hydrogen) atoms. The van der Waals surface area contributed by atoms with Crippen molar-refractivity contribution in [3.63, 3.8) is 0 Å². The van der Waals surface area contributed by atoms with E-state index < -0.39 is 0 Å². The van der Waals surface area contributed by atoms with Crippen LogP contribution in [0, 0.1) is 11.3 Å². The van der Waals surface area contributed by atoms with Crippen LogP contribution in [0.4, 0.5) is 0 Å². The lowest BCUT2D eigenvalue weighted by Crippen LogP contribution is -1.63. The molecule has 0 unspecified atom stereocenters. The van der Waals surface area contributed by atoms with Crippen LogP contribution >= 0.6 is 11.6 Å². The molecule has 0 saturated carbocycles. The van der Waals surface area contributed by atoms with Gasteiger partial charge in [0.25, 0.3) is 0 Å². The summed E-state index contributed by atoms with van der Waals surface area (Å²) in [5.74, 6) is 0. The molecular weight excluding hydrogens is 138 g/mol. The number of allylic oxidation sites excluding steroid dienone is 3. The van der Waals surface area contributed by atoms with Gasteiger partial charge in [-0.25, -0.2) is 0 Å². The van der Waals surface area contributed by atoms with Gasteiger partial charge in [-0.2, -0.15) is 5.26 Å². The highest BCUT2D eigenvalue weighted by Crippen LogP contribution is 1.97. The van der Waals surface area contributed by atoms with Crippen molar-refractivity contribution in [1.82, 2.24) is 0 Å². The average molecular weight is 144 g/mol. The van der Waals surface area contributed by atoms with Crippen molar-refractivity contribution in [3.05, 3.63) is 23.4 Å². The predicted molar refractivity (Wildman–Crippen MR) is 35.7 cm³/mol. The van der Waals surface area contributed by atoms with Crippen LogP contribution in [0.2, 0.25) is 0 Å². The van der Waals surface area contributed by atoms with E-state index in [1.54, 1.807) is 12.1 Å². The van der Waals surface area contributed by atoms with E-state index in [1.807, 2.05) is 0 Å². The second-order valence-electron chi connectivity index (χ2n) is 1.19. The van der Waals surface area contributed by atoms with E-state index in [0.29, 0.717) is 0 Å². The molecule has 0 spiro atoms. The largest absolute Gasteiger partial charge is 0.504 e. The summed E-state index contributed by atoms with van der Waals surface area (Å²) in [6.45, 7) is 0. The Labute approximate surface area is 59.0 Å². The highest BCUT2D eigenvalue weighted by Gasteiger charge is 1.79. The van der Waals surface area contributed by atoms with Crippen molar-refractivity contribution in [2.45, 2.75) is 0 Å². The first-order chi connectivity index (χ1) is 4.31. The minimum absolute atomic E-state index is 0.142. The molecular formula is C6H6ClNO. The molecule has 0 aromatic carbocycles. The van der Waals surface area contributed by atoms with Crippen LogP contribution in [-0.4, -0.2) is 7.11 Å². The zero-order valence-electron chi connectivity index (χ0n) is 4.97. The third-order valence-corrected chi connectivity index (χ3v) is 0.775. The molecule has 0 radical (unpaired) electrons. The summed E-state index contributed by atoms with van der Waals surface area (Å²) in [7, 11) is 1.52. The molecule has 0 aliphatic carbocycles. The van der Waals surface area contributed by atoms with Crippen molar-refractivity contribution < 1.29 is 4.74 Å². The third kappa shape index (κ3) is 4.92. The van der Waals surface area contributed by atoms with Gasteiger partial charge in [0.2, 0.25) is 0 Å². The monoisotopic (exact) mass is 143 g/mol. The van der Waals surface area contributed by atoms with Crippen LogP contribution in [0.25, 0.3) is 0 Å². The molecule has 0 saturated heterocycles. The van der Waals surface area contributed by atoms with Crippen molar-refractivity contribution in [2.24, 2.45) is 0 Å². The molecule has 0 aliphatic rings. The van der Waals surface area contributed by atoms with Gasteiger partial charge in [-0.15, -0.1) is 0 Å². The molecule has 48 valence electrons. The fourth-order valence-corrected chi connectivity index (χ4v) is 0.312. The van der Waals surface area contributed by atoms with Crippen molar-refractivity contribution in [3.8, 4) is 6.07 Å². The summed E-state index contributed by atoms with van der Waals surface area (Å²) < 4.78 is 4.54. The average Bonchev–Trinajstić information content (AvgIpc) is 1.89. The first kappa shape index (κ1) is 8.06. The molecule has 0 atom stereocenters. The first-order valence-electron chi connectivity index (χ1n) is 2.26. The zero-order valence-corrected chi connectivity index (χ0v) is 5.72. The number of hydrogen-bond acceptors (Lipinski definition) is 2. The molecule has 2 nitrogen and oxygen atoms in total. The minimum atomic E-state index is 0.142. The van der Waals surface area contributed by atoms with Gasteiger partial charge < -0.3 is 4.74 Å². The Morgan fingerprint density at radius 1 is 1.78 bits per heavy atom. The van der Waals surface area contributed by atoms with Gasteiger partial charge in [0.15, 0.2) is 0 Å². The number of halogens is 1. The van der Waals surface area contributed by atoms with Crippen LogP contribution in [0.15, 0.2) is 23.4 Å². The lowest BCUT2D eigenvalue weighted by atomic mass is 10.5. The molecule has 0 N–H and O–H groups in total. The standard InChI is InChI=1S/C6H6ClNO/c1-9-4-2-3-6(7)5-8/h2-4H,1H3/b4-2+,6-3+. The molecule has 0 heterocycles. The van der Waals surface area contributed by atoms with Crippen LogP contribution in [0.1, 0.15) is 0 Å². The lowest BCUT2D eigenvalue weighted by molar-refractivity contribution is 0.338. The van der Waals surface area contributed by atoms with Crippen molar-refractivity contribution >= 4 is 11.6 Å². The summed E-state index contributed by atoms with van der Waals surface area (Å²) in [4.78, 5) is 0. The molecule has 0 aromatic heterocycles. The van der Waals surface area contributed by atoms with Gasteiger partial charge >= 0.3 is 0 Å². The Bertz CT molecular complexity index is 166. The minimum Gasteiger partial charge on any atom is -0.504 e. The Hall–Kier alpha value is -0.940. The second kappa shape index (κ2) is 5.20. The summed E-state index contributed by atoms with van der Waals surface area (Å²) >= 11 is 5.29. The maximum Gasteiger partial charge on any atom is 0.118 e. The van der Waals surface area contributed by atoms with Crippen molar-refractivity contribution in [1.29, 1.82) is 5.26 Å². The van der Waals surface area contributed by atoms with Crippen LogP contribution in [0.5, 0.6) is 0 Å². The van der Waals surface area contributed by atoms with E-state index >= 15 is 0 Å². The molecule has 0 fully saturated rings. The molecule has 0 aliphatic heterocycles. The Kier molecular flexibility index (Phi) is 4.66. The number of rotatable bonds is 2. The van der Waals surface area contributed by atoms with E-state index in [4.69, 9.17) is 16.9 Å². The topological polar surface area (TPSA) is 33.0 Å². The van der Waals surface area contributed by atoms with Gasteiger partial charge in [-0.1, -0.05) is 11.6 Å². The Balaban J connectivity index is 3.72. The SMILES string of the molecule is CO/C=C/C=C(/Cl)C#N. The predicted octanol–water partition coefficient (Wildman–Crippen LogP) is 1.79. The normalized spacial score (nSPS) is 11.4. The van der Waals surface area contributed by atoms with Gasteiger partial charge in [0, 0.05) is 0 Å². The van der Waals surface area contributed by atoms with E-state index in [1.165, 1.54) is 19.4 Å². The number of ether oxygens (including phenoxy) is 1. The van der Waals surface area contributed by atoms with E-state index in [0.717, 1.165) is 0 Å². The maximum absolute atomic E-state index is 8.11. The number of methoxy groups -OCH3 is 1. The fraction of sp³-hybridized carbons (Fsp3) is 0.167. The van der Waals surface area contributed by atoms with Gasteiger partial charge in [0.1, 0.15) is 11.1 Å². The molecule has 0 amide bonds. The quantitative estimate of drug-likeness (QED) is 0.336. The molecule has 3 heteroatoms. The number of nitriles is 1. The first-order valence-corrected chi connectivity index (χ1v) is 2.64. The lowest BCUT2D eigenvalue weighted by Gasteiger charge is -1.80. The molecule has 0 aromatic rings. The Morgan fingerprint density at radius 3 is 2.89 bits per heavy atom. The zero-order chi connectivity index (χ0) is 7.11. The summed E-state index contributed by atoms with van der Waals surface area (Å²) in [6.07, 6.45) is 4.43. The highest BCUT2D eigenvalue weighted by molar-refractivity contribution is 6.31. The van der Waals surface area contributed by atoms with Crippen LogP contribution < -0.4 is 0 Å². The number of hydrogen-bond donors (Lipinski definition) is 0. The van der Waals surface area contributed by atoms with Gasteiger partial charge in [-0.3, -0.25) is 0 Å². The Morgan fingerprint density at radius 2 is 2.44 bits per heavy atom. The smallest absolute Gasteiger partial charge is 0.118 e.